The van der Waals surface area contributed by atoms with Crippen LogP contribution in [-0.2, 0) is 15.8 Å². The summed E-state index contributed by atoms with van der Waals surface area (Å²) in [5.41, 5.74) is 0.115. The van der Waals surface area contributed by atoms with Crippen molar-refractivity contribution in [3.05, 3.63) is 27.9 Å². The van der Waals surface area contributed by atoms with Crippen LogP contribution < -0.4 is 10.3 Å². The van der Waals surface area contributed by atoms with Crippen LogP contribution in [0.15, 0.2) is 21.0 Å². The Kier molecular flexibility index (Phi) is 3.31. The molecule has 0 aliphatic heterocycles. The van der Waals surface area contributed by atoms with Crippen LogP contribution in [0.5, 0.6) is 0 Å². The van der Waals surface area contributed by atoms with Crippen LogP contribution >= 0.6 is 11.3 Å². The zero-order valence-electron chi connectivity index (χ0n) is 10.7. The summed E-state index contributed by atoms with van der Waals surface area (Å²) >= 11 is 1.26. The van der Waals surface area contributed by atoms with E-state index in [-0.39, 0.29) is 17.3 Å². The molecular weight excluding hydrogens is 318 g/mol. The average molecular weight is 327 g/mol. The minimum Gasteiger partial charge on any atom is -0.334 e. The summed E-state index contributed by atoms with van der Waals surface area (Å²) < 4.78 is 30.1. The van der Waals surface area contributed by atoms with E-state index >= 15 is 0 Å². The number of hydrogen-bond acceptors (Lipinski definition) is 8. The van der Waals surface area contributed by atoms with Crippen LogP contribution in [0.3, 0.4) is 0 Å². The Hall–Kier alpha value is -2.11. The van der Waals surface area contributed by atoms with E-state index in [1.165, 1.54) is 24.7 Å². The number of sulfonamides is 1. The third-order valence-electron chi connectivity index (χ3n) is 2.70. The number of fused-ring (bicyclic) bond motifs is 1. The molecule has 3 rings (SSSR count). The van der Waals surface area contributed by atoms with Crippen molar-refractivity contribution in [2.45, 2.75) is 5.75 Å². The molecule has 3 heterocycles. The fraction of sp³-hybridized carbons (Fsp3) is 0.200. The van der Waals surface area contributed by atoms with Crippen LogP contribution in [0.2, 0.25) is 0 Å². The second-order valence-electron chi connectivity index (χ2n) is 4.04. The zero-order valence-corrected chi connectivity index (χ0v) is 12.3. The van der Waals surface area contributed by atoms with Gasteiger partial charge in [0.1, 0.15) is 10.6 Å². The van der Waals surface area contributed by atoms with Gasteiger partial charge in [-0.3, -0.25) is 4.79 Å². The standard InChI is InChI=1S/C10H9N5O4S2/c1-11-21(17,18)3-6-14-9(19-15-6)5-2-20-10-7(5)8(16)12-4-13-10/h2,4,11H,3H2,1H3,(H,12,13,16). The minimum absolute atomic E-state index is 0.0130. The average Bonchev–Trinajstić information content (AvgIpc) is 3.05. The summed E-state index contributed by atoms with van der Waals surface area (Å²) in [7, 11) is -2.19. The molecule has 0 unspecified atom stereocenters. The van der Waals surface area contributed by atoms with Gasteiger partial charge >= 0.3 is 0 Å². The van der Waals surface area contributed by atoms with Crippen molar-refractivity contribution in [3.8, 4) is 11.5 Å². The third kappa shape index (κ3) is 2.57. The highest BCUT2D eigenvalue weighted by Crippen LogP contribution is 2.29. The van der Waals surface area contributed by atoms with Crippen molar-refractivity contribution in [1.29, 1.82) is 0 Å². The maximum absolute atomic E-state index is 11.8. The van der Waals surface area contributed by atoms with Crippen molar-refractivity contribution < 1.29 is 12.9 Å². The smallest absolute Gasteiger partial charge is 0.260 e. The number of nitrogens with one attached hydrogen (secondary N) is 2. The molecule has 0 saturated heterocycles. The Bertz CT molecular complexity index is 955. The molecule has 11 heteroatoms. The molecule has 21 heavy (non-hydrogen) atoms. The van der Waals surface area contributed by atoms with Crippen molar-refractivity contribution in [1.82, 2.24) is 24.8 Å². The van der Waals surface area contributed by atoms with Gasteiger partial charge in [0.2, 0.25) is 10.0 Å². The van der Waals surface area contributed by atoms with Gasteiger partial charge in [-0.2, -0.15) is 4.98 Å². The first-order chi connectivity index (χ1) is 10.00. The summed E-state index contributed by atoms with van der Waals surface area (Å²) in [5, 5.41) is 5.61. The molecule has 3 aromatic rings. The molecule has 0 aromatic carbocycles. The Morgan fingerprint density at radius 2 is 2.29 bits per heavy atom. The Morgan fingerprint density at radius 3 is 3.05 bits per heavy atom. The summed E-state index contributed by atoms with van der Waals surface area (Å²) in [5.74, 6) is -0.302. The van der Waals surface area contributed by atoms with Gasteiger partial charge in [0.05, 0.1) is 17.3 Å². The molecule has 0 bridgehead atoms. The normalized spacial score (nSPS) is 12.0. The lowest BCUT2D eigenvalue weighted by Gasteiger charge is -1.95. The number of rotatable bonds is 4. The van der Waals surface area contributed by atoms with Crippen molar-refractivity contribution in [2.75, 3.05) is 7.05 Å². The van der Waals surface area contributed by atoms with Gasteiger partial charge in [-0.1, -0.05) is 5.16 Å². The zero-order chi connectivity index (χ0) is 15.0. The van der Waals surface area contributed by atoms with E-state index in [4.69, 9.17) is 4.52 Å². The summed E-state index contributed by atoms with van der Waals surface area (Å²) in [6.45, 7) is 0. The first kappa shape index (κ1) is 13.9. The number of aromatic amines is 1. The molecule has 0 aliphatic carbocycles. The molecule has 110 valence electrons. The maximum atomic E-state index is 11.8. The number of thiophene rings is 1. The lowest BCUT2D eigenvalue weighted by Crippen LogP contribution is -2.20. The highest BCUT2D eigenvalue weighted by atomic mass is 32.2. The quantitative estimate of drug-likeness (QED) is 0.694. The molecule has 0 saturated carbocycles. The second-order valence-corrected chi connectivity index (χ2v) is 6.82. The largest absolute Gasteiger partial charge is 0.334 e. The van der Waals surface area contributed by atoms with E-state index in [9.17, 15) is 13.2 Å². The summed E-state index contributed by atoms with van der Waals surface area (Å²) in [6, 6.07) is 0. The number of hydrogen-bond donors (Lipinski definition) is 2. The molecule has 3 aromatic heterocycles. The van der Waals surface area contributed by atoms with Crippen LogP contribution in [0.4, 0.5) is 0 Å². The molecule has 0 spiro atoms. The topological polar surface area (TPSA) is 131 Å². The van der Waals surface area contributed by atoms with E-state index in [1.54, 1.807) is 5.38 Å². The van der Waals surface area contributed by atoms with Gasteiger partial charge < -0.3 is 9.51 Å². The molecule has 0 fully saturated rings. The Balaban J connectivity index is 2.05. The molecule has 0 atom stereocenters. The Morgan fingerprint density at radius 1 is 1.48 bits per heavy atom. The fourth-order valence-corrected chi connectivity index (χ4v) is 3.19. The highest BCUT2D eigenvalue weighted by molar-refractivity contribution is 7.88. The van der Waals surface area contributed by atoms with Crippen LogP contribution in [0.25, 0.3) is 21.7 Å². The molecule has 0 radical (unpaired) electrons. The van der Waals surface area contributed by atoms with Crippen LogP contribution in [0.1, 0.15) is 5.82 Å². The predicted octanol–water partition coefficient (Wildman–Crippen LogP) is 0.0838. The van der Waals surface area contributed by atoms with Gasteiger partial charge in [-0.05, 0) is 7.05 Å². The lowest BCUT2D eigenvalue weighted by atomic mass is 10.2. The molecule has 2 N–H and O–H groups in total. The molecule has 9 nitrogen and oxygen atoms in total. The van der Waals surface area contributed by atoms with Crippen molar-refractivity contribution >= 4 is 31.6 Å². The summed E-state index contributed by atoms with van der Waals surface area (Å²) in [4.78, 5) is 22.9. The maximum Gasteiger partial charge on any atom is 0.260 e. The first-order valence-corrected chi connectivity index (χ1v) is 8.22. The van der Waals surface area contributed by atoms with Gasteiger partial charge in [0.25, 0.3) is 11.4 Å². The van der Waals surface area contributed by atoms with Crippen LogP contribution in [0, 0.1) is 0 Å². The Labute approximate surface area is 122 Å². The molecular formula is C10H9N5O4S2. The van der Waals surface area contributed by atoms with E-state index in [0.717, 1.165) is 0 Å². The molecule has 0 amide bonds. The third-order valence-corrected chi connectivity index (χ3v) is 4.85. The fourth-order valence-electron chi connectivity index (χ4n) is 1.71. The first-order valence-electron chi connectivity index (χ1n) is 5.69. The van der Waals surface area contributed by atoms with Crippen molar-refractivity contribution in [2.24, 2.45) is 0 Å². The number of aromatic nitrogens is 4. The van der Waals surface area contributed by atoms with Crippen LogP contribution in [-0.4, -0.2) is 35.6 Å². The minimum atomic E-state index is -3.49. The highest BCUT2D eigenvalue weighted by Gasteiger charge is 2.19. The monoisotopic (exact) mass is 327 g/mol. The van der Waals surface area contributed by atoms with Gasteiger partial charge in [0, 0.05) is 5.38 Å². The van der Waals surface area contributed by atoms with E-state index < -0.39 is 15.8 Å². The second kappa shape index (κ2) is 5.02. The summed E-state index contributed by atoms with van der Waals surface area (Å²) in [6.07, 6.45) is 1.31. The predicted molar refractivity (Wildman–Crippen MR) is 75.2 cm³/mol. The SMILES string of the molecule is CNS(=O)(=O)Cc1noc(-c2csc3nc[nH]c(=O)c23)n1. The van der Waals surface area contributed by atoms with E-state index in [1.807, 2.05) is 0 Å². The van der Waals surface area contributed by atoms with Gasteiger partial charge in [-0.25, -0.2) is 18.1 Å². The van der Waals surface area contributed by atoms with Crippen molar-refractivity contribution in [3.63, 3.8) is 0 Å². The van der Waals surface area contributed by atoms with E-state index in [0.29, 0.717) is 15.8 Å². The van der Waals surface area contributed by atoms with E-state index in [2.05, 4.69) is 24.8 Å². The molecule has 0 aliphatic rings. The number of H-pyrrole nitrogens is 1. The number of nitrogens with zero attached hydrogens (tertiary/aromatic N) is 3. The van der Waals surface area contributed by atoms with Gasteiger partial charge in [-0.15, -0.1) is 11.3 Å². The lowest BCUT2D eigenvalue weighted by molar-refractivity contribution is 0.425. The van der Waals surface area contributed by atoms with Gasteiger partial charge in [0.15, 0.2) is 5.82 Å².